The summed E-state index contributed by atoms with van der Waals surface area (Å²) in [6.07, 6.45) is -5.49. The number of benzene rings is 3. The zero-order valence-corrected chi connectivity index (χ0v) is 22.1. The van der Waals surface area contributed by atoms with Crippen LogP contribution < -0.4 is 14.8 Å². The van der Waals surface area contributed by atoms with E-state index in [4.69, 9.17) is 14.2 Å². The molecule has 12 heteroatoms. The second kappa shape index (κ2) is 14.9. The summed E-state index contributed by atoms with van der Waals surface area (Å²) in [5.74, 6) is -0.932. The first kappa shape index (κ1) is 30.5. The van der Waals surface area contributed by atoms with Crippen molar-refractivity contribution in [2.45, 2.75) is 24.1 Å². The highest BCUT2D eigenvalue weighted by molar-refractivity contribution is 8.13. The number of ether oxygens (including phenoxy) is 4. The summed E-state index contributed by atoms with van der Waals surface area (Å²) in [6.45, 7) is -0.625. The molecule has 3 aromatic rings. The molecule has 212 valence electrons. The Kier molecular flexibility index (Phi) is 11.4. The number of carbonyl (C=O) groups excluding carboxylic acids is 3. The van der Waals surface area contributed by atoms with Gasteiger partial charge in [-0.3, -0.25) is 9.59 Å². The van der Waals surface area contributed by atoms with Crippen LogP contribution in [0.25, 0.3) is 0 Å². The number of esters is 1. The summed E-state index contributed by atoms with van der Waals surface area (Å²) in [4.78, 5) is 35.1. The Morgan fingerprint density at radius 3 is 2.35 bits per heavy atom. The van der Waals surface area contributed by atoms with Gasteiger partial charge in [0.25, 0.3) is 0 Å². The molecule has 8 nitrogen and oxygen atoms in total. The quantitative estimate of drug-likeness (QED) is 0.160. The Morgan fingerprint density at radius 2 is 1.70 bits per heavy atom. The number of amides is 1. The number of hydrogen-bond acceptors (Lipinski definition) is 8. The van der Waals surface area contributed by atoms with Crippen LogP contribution in [0.1, 0.15) is 27.6 Å². The minimum absolute atomic E-state index is 0.139. The van der Waals surface area contributed by atoms with Crippen molar-refractivity contribution in [1.29, 1.82) is 0 Å². The molecule has 0 aliphatic heterocycles. The molecule has 0 radical (unpaired) electrons. The summed E-state index contributed by atoms with van der Waals surface area (Å²) in [7, 11) is 1.49. The average Bonchev–Trinajstić information content (AvgIpc) is 2.94. The van der Waals surface area contributed by atoms with E-state index >= 15 is 0 Å². The second-order valence-electron chi connectivity index (χ2n) is 8.19. The van der Waals surface area contributed by atoms with Gasteiger partial charge in [-0.2, -0.15) is 0 Å². The summed E-state index contributed by atoms with van der Waals surface area (Å²) >= 11 is 0.876. The Balaban J connectivity index is 1.68. The molecule has 1 amide bonds. The first-order valence-corrected chi connectivity index (χ1v) is 12.8. The standard InChI is InChI=1S/C28H26F3NO7S/c1-32-26(34)25(40-17-33)14-19-10-12-22(13-11-19)36-16-24(21-8-5-9-23(15-21)39-28(29,30)31)37-18-38-27(35)20-6-3-2-4-7-20/h2-13,15,17,24-25H,14,16,18H2,1H3,(H,32,34). The molecule has 2 atom stereocenters. The number of hydrogen-bond donors (Lipinski definition) is 1. The molecular formula is C28H26F3NO7S. The first-order chi connectivity index (χ1) is 19.2. The predicted molar refractivity (Wildman–Crippen MR) is 142 cm³/mol. The normalized spacial score (nSPS) is 12.6. The molecule has 0 fully saturated rings. The van der Waals surface area contributed by atoms with E-state index in [-0.39, 0.29) is 12.5 Å². The van der Waals surface area contributed by atoms with E-state index in [0.29, 0.717) is 28.9 Å². The van der Waals surface area contributed by atoms with Gasteiger partial charge in [0.05, 0.1) is 10.8 Å². The maximum atomic E-state index is 12.7. The highest BCUT2D eigenvalue weighted by atomic mass is 32.2. The van der Waals surface area contributed by atoms with Gasteiger partial charge in [0.15, 0.2) is 12.4 Å². The van der Waals surface area contributed by atoms with Gasteiger partial charge in [-0.1, -0.05) is 54.2 Å². The van der Waals surface area contributed by atoms with Crippen LogP contribution in [0.15, 0.2) is 78.9 Å². The van der Waals surface area contributed by atoms with Crippen molar-refractivity contribution in [3.8, 4) is 11.5 Å². The first-order valence-electron chi connectivity index (χ1n) is 11.9. The van der Waals surface area contributed by atoms with E-state index in [2.05, 4.69) is 10.1 Å². The van der Waals surface area contributed by atoms with Crippen molar-refractivity contribution in [2.75, 3.05) is 20.4 Å². The van der Waals surface area contributed by atoms with Crippen LogP contribution >= 0.6 is 11.8 Å². The molecule has 0 saturated heterocycles. The second-order valence-corrected chi connectivity index (χ2v) is 9.22. The maximum absolute atomic E-state index is 12.7. The molecule has 0 aliphatic rings. The number of alkyl halides is 3. The van der Waals surface area contributed by atoms with E-state index in [1.807, 2.05) is 0 Å². The SMILES string of the molecule is CNC(=O)C(Cc1ccc(OCC(OCOC(=O)c2ccccc2)c2cccc(OC(F)(F)F)c2)cc1)SC=O. The highest BCUT2D eigenvalue weighted by Gasteiger charge is 2.31. The van der Waals surface area contributed by atoms with Crippen LogP contribution in [0, 0.1) is 0 Å². The van der Waals surface area contributed by atoms with E-state index in [1.165, 1.54) is 19.2 Å². The zero-order valence-electron chi connectivity index (χ0n) is 21.3. The lowest BCUT2D eigenvalue weighted by molar-refractivity contribution is -0.274. The number of halogens is 3. The van der Waals surface area contributed by atoms with E-state index < -0.39 is 36.2 Å². The molecule has 0 heterocycles. The fourth-order valence-corrected chi connectivity index (χ4v) is 4.18. The molecule has 1 N–H and O–H groups in total. The molecular weight excluding hydrogens is 551 g/mol. The zero-order chi connectivity index (χ0) is 29.0. The summed E-state index contributed by atoms with van der Waals surface area (Å²) in [5.41, 5.74) is 2.01. The van der Waals surface area contributed by atoms with Crippen LogP contribution in [0.4, 0.5) is 13.2 Å². The Hall–Kier alpha value is -4.03. The maximum Gasteiger partial charge on any atom is 0.573 e. The van der Waals surface area contributed by atoms with Crippen molar-refractivity contribution in [3.63, 3.8) is 0 Å². The van der Waals surface area contributed by atoms with Gasteiger partial charge in [0.1, 0.15) is 24.2 Å². The lowest BCUT2D eigenvalue weighted by atomic mass is 10.1. The van der Waals surface area contributed by atoms with Crippen LogP contribution in [-0.2, 0) is 25.5 Å². The fraction of sp³-hybridized carbons (Fsp3) is 0.250. The smallest absolute Gasteiger partial charge is 0.491 e. The molecule has 3 aromatic carbocycles. The third-order valence-electron chi connectivity index (χ3n) is 5.44. The van der Waals surface area contributed by atoms with Crippen LogP contribution in [0.5, 0.6) is 11.5 Å². The number of thioether (sulfide) groups is 1. The third-order valence-corrected chi connectivity index (χ3v) is 6.26. The van der Waals surface area contributed by atoms with Crippen LogP contribution in [0.3, 0.4) is 0 Å². The molecule has 0 aliphatic carbocycles. The van der Waals surface area contributed by atoms with Gasteiger partial charge >= 0.3 is 12.3 Å². The lowest BCUT2D eigenvalue weighted by Gasteiger charge is -2.20. The van der Waals surface area contributed by atoms with Gasteiger partial charge in [-0.15, -0.1) is 13.2 Å². The van der Waals surface area contributed by atoms with Crippen LogP contribution in [0.2, 0.25) is 0 Å². The van der Waals surface area contributed by atoms with E-state index in [1.54, 1.807) is 54.6 Å². The van der Waals surface area contributed by atoms with Gasteiger partial charge in [0, 0.05) is 7.05 Å². The molecule has 0 bridgehead atoms. The minimum atomic E-state index is -4.88. The molecule has 3 rings (SSSR count). The van der Waals surface area contributed by atoms with Gasteiger partial charge < -0.3 is 24.3 Å². The van der Waals surface area contributed by atoms with Crippen molar-refractivity contribution >= 4 is 29.3 Å². The van der Waals surface area contributed by atoms with Gasteiger partial charge in [0.2, 0.25) is 5.91 Å². The van der Waals surface area contributed by atoms with Crippen LogP contribution in [-0.4, -0.2) is 49.6 Å². The largest absolute Gasteiger partial charge is 0.573 e. The Labute approximate surface area is 232 Å². The molecule has 2 unspecified atom stereocenters. The third kappa shape index (κ3) is 9.93. The van der Waals surface area contributed by atoms with Crippen molar-refractivity contribution in [3.05, 3.63) is 95.6 Å². The lowest BCUT2D eigenvalue weighted by Crippen LogP contribution is -2.31. The minimum Gasteiger partial charge on any atom is -0.491 e. The Bertz CT molecular complexity index is 1260. The average molecular weight is 578 g/mol. The molecule has 0 spiro atoms. The topological polar surface area (TPSA) is 100 Å². The van der Waals surface area contributed by atoms with E-state index in [0.717, 1.165) is 29.5 Å². The fourth-order valence-electron chi connectivity index (χ4n) is 3.52. The molecule has 0 saturated carbocycles. The number of carbonyl (C=O) groups is 3. The number of nitrogens with one attached hydrogen (secondary N) is 1. The van der Waals surface area contributed by atoms with Crippen molar-refractivity contribution < 1.29 is 46.5 Å². The van der Waals surface area contributed by atoms with Gasteiger partial charge in [-0.25, -0.2) is 4.79 Å². The summed E-state index contributed by atoms with van der Waals surface area (Å²) < 4.78 is 58.9. The number of rotatable bonds is 14. The highest BCUT2D eigenvalue weighted by Crippen LogP contribution is 2.28. The molecule has 0 aromatic heterocycles. The predicted octanol–water partition coefficient (Wildman–Crippen LogP) is 5.12. The van der Waals surface area contributed by atoms with Gasteiger partial charge in [-0.05, 0) is 53.9 Å². The van der Waals surface area contributed by atoms with Crippen molar-refractivity contribution in [2.24, 2.45) is 0 Å². The monoisotopic (exact) mass is 577 g/mol. The van der Waals surface area contributed by atoms with Crippen molar-refractivity contribution in [1.82, 2.24) is 5.32 Å². The van der Waals surface area contributed by atoms with E-state index in [9.17, 15) is 27.6 Å². The molecule has 40 heavy (non-hydrogen) atoms. The summed E-state index contributed by atoms with van der Waals surface area (Å²) in [6, 6.07) is 20.2. The Morgan fingerprint density at radius 1 is 0.975 bits per heavy atom. The summed E-state index contributed by atoms with van der Waals surface area (Å²) in [5, 5.41) is 1.93.